The summed E-state index contributed by atoms with van der Waals surface area (Å²) in [5, 5.41) is 2.74. The summed E-state index contributed by atoms with van der Waals surface area (Å²) in [6, 6.07) is 7.62. The topological polar surface area (TPSA) is 86.2 Å². The predicted molar refractivity (Wildman–Crippen MR) is 117 cm³/mol. The number of anilines is 1. The number of rotatable bonds is 8. The van der Waals surface area contributed by atoms with Crippen molar-refractivity contribution in [1.29, 1.82) is 0 Å². The summed E-state index contributed by atoms with van der Waals surface area (Å²) in [7, 11) is 1.56. The number of aromatic nitrogens is 3. The Labute approximate surface area is 190 Å². The molecule has 0 spiro atoms. The van der Waals surface area contributed by atoms with Crippen molar-refractivity contribution in [2.45, 2.75) is 32.3 Å². The zero-order valence-corrected chi connectivity index (χ0v) is 18.6. The molecule has 1 amide bonds. The van der Waals surface area contributed by atoms with Gasteiger partial charge in [-0.05, 0) is 49.6 Å². The Morgan fingerprint density at radius 3 is 2.76 bits per heavy atom. The maximum atomic E-state index is 14.0. The lowest BCUT2D eigenvalue weighted by molar-refractivity contribution is -0.117. The minimum atomic E-state index is -0.740. The predicted octanol–water partition coefficient (Wildman–Crippen LogP) is 3.89. The molecule has 0 saturated heterocycles. The quantitative estimate of drug-likeness (QED) is 0.556. The van der Waals surface area contributed by atoms with Crippen molar-refractivity contribution in [3.8, 4) is 5.75 Å². The van der Waals surface area contributed by atoms with Crippen LogP contribution in [-0.4, -0.2) is 34.6 Å². The van der Waals surface area contributed by atoms with E-state index in [0.29, 0.717) is 34.8 Å². The van der Waals surface area contributed by atoms with Crippen LogP contribution in [0.25, 0.3) is 0 Å². The van der Waals surface area contributed by atoms with Gasteiger partial charge in [0.1, 0.15) is 29.0 Å². The first-order valence-corrected chi connectivity index (χ1v) is 10.5. The molecule has 7 nitrogen and oxygen atoms in total. The van der Waals surface area contributed by atoms with Crippen molar-refractivity contribution in [1.82, 2.24) is 15.0 Å². The van der Waals surface area contributed by atoms with Gasteiger partial charge in [0.25, 0.3) is 0 Å². The molecular formula is C24H24F2N4O3. The molecule has 0 aliphatic heterocycles. The normalized spacial score (nSPS) is 19.2. The summed E-state index contributed by atoms with van der Waals surface area (Å²) < 4.78 is 38.8. The average Bonchev–Trinajstić information content (AvgIpc) is 3.52. The van der Waals surface area contributed by atoms with Gasteiger partial charge in [0.2, 0.25) is 5.91 Å². The third kappa shape index (κ3) is 4.83. The fourth-order valence-corrected chi connectivity index (χ4v) is 3.90. The summed E-state index contributed by atoms with van der Waals surface area (Å²) in [5.41, 5.74) is 0.886. The van der Waals surface area contributed by atoms with Gasteiger partial charge in [0, 0.05) is 12.5 Å². The van der Waals surface area contributed by atoms with Crippen LogP contribution in [0.1, 0.15) is 29.1 Å². The van der Waals surface area contributed by atoms with Crippen LogP contribution in [0.4, 0.5) is 14.6 Å². The molecule has 0 bridgehead atoms. The van der Waals surface area contributed by atoms with Crippen LogP contribution >= 0.6 is 0 Å². The Bertz CT molecular complexity index is 1190. The van der Waals surface area contributed by atoms with E-state index < -0.39 is 23.0 Å². The first-order chi connectivity index (χ1) is 15.8. The second-order valence-corrected chi connectivity index (χ2v) is 8.18. The molecule has 2 unspecified atom stereocenters. The van der Waals surface area contributed by atoms with Crippen LogP contribution in [0.3, 0.4) is 0 Å². The number of amides is 1. The number of methoxy groups -OCH3 is 1. The molecule has 3 aromatic rings. The number of halogens is 2. The number of aryl methyl sites for hydroxylation is 2. The number of hydrogen-bond acceptors (Lipinski definition) is 6. The highest BCUT2D eigenvalue weighted by atomic mass is 19.1. The summed E-state index contributed by atoms with van der Waals surface area (Å²) in [6.07, 6.45) is 3.09. The van der Waals surface area contributed by atoms with Gasteiger partial charge in [-0.25, -0.2) is 23.7 Å². The van der Waals surface area contributed by atoms with E-state index >= 15 is 0 Å². The standard InChI is InChI=1S/C24H24F2N4O3/c1-14-7-22(28-10-19(14)26)30-23(31)18-9-24(18,16-5-4-6-17(25)8-16)13-33-21-11-27-15(2)29-20(21)12-32-3/h4-8,10-11,18H,9,12-13H2,1-3H3,(H,28,30,31). The summed E-state index contributed by atoms with van der Waals surface area (Å²) >= 11 is 0. The molecule has 1 aromatic carbocycles. The largest absolute Gasteiger partial charge is 0.489 e. The molecule has 0 radical (unpaired) electrons. The van der Waals surface area contributed by atoms with Crippen LogP contribution in [0.5, 0.6) is 5.75 Å². The molecule has 2 heterocycles. The minimum absolute atomic E-state index is 0.119. The Kier molecular flexibility index (Phi) is 6.33. The number of nitrogens with zero attached hydrogens (tertiary/aromatic N) is 3. The van der Waals surface area contributed by atoms with Crippen LogP contribution in [0.15, 0.2) is 42.7 Å². The molecule has 1 aliphatic rings. The molecule has 1 aliphatic carbocycles. The molecule has 1 N–H and O–H groups in total. The van der Waals surface area contributed by atoms with E-state index in [2.05, 4.69) is 20.3 Å². The molecule has 33 heavy (non-hydrogen) atoms. The van der Waals surface area contributed by atoms with E-state index in [0.717, 1.165) is 6.20 Å². The fraction of sp³-hybridized carbons (Fsp3) is 0.333. The zero-order chi connectivity index (χ0) is 23.6. The third-order valence-corrected chi connectivity index (χ3v) is 5.81. The maximum Gasteiger partial charge on any atom is 0.229 e. The average molecular weight is 454 g/mol. The summed E-state index contributed by atoms with van der Waals surface area (Å²) in [4.78, 5) is 25.5. The fourth-order valence-electron chi connectivity index (χ4n) is 3.90. The second kappa shape index (κ2) is 9.19. The number of carbonyl (C=O) groups is 1. The van der Waals surface area contributed by atoms with Crippen molar-refractivity contribution in [3.05, 3.63) is 77.0 Å². The van der Waals surface area contributed by atoms with Gasteiger partial charge in [-0.2, -0.15) is 0 Å². The van der Waals surface area contributed by atoms with Gasteiger partial charge < -0.3 is 14.8 Å². The van der Waals surface area contributed by atoms with Gasteiger partial charge in [0.15, 0.2) is 5.75 Å². The summed E-state index contributed by atoms with van der Waals surface area (Å²) in [6.45, 7) is 3.72. The number of ether oxygens (including phenoxy) is 2. The van der Waals surface area contributed by atoms with Crippen molar-refractivity contribution in [2.75, 3.05) is 19.0 Å². The molecular weight excluding hydrogens is 430 g/mol. The number of hydrogen-bond donors (Lipinski definition) is 1. The number of benzene rings is 1. The highest BCUT2D eigenvalue weighted by Gasteiger charge is 2.60. The van der Waals surface area contributed by atoms with E-state index in [4.69, 9.17) is 9.47 Å². The lowest BCUT2D eigenvalue weighted by Gasteiger charge is -2.20. The zero-order valence-electron chi connectivity index (χ0n) is 18.6. The van der Waals surface area contributed by atoms with Crippen LogP contribution in [0, 0.1) is 31.4 Å². The van der Waals surface area contributed by atoms with Gasteiger partial charge >= 0.3 is 0 Å². The smallest absolute Gasteiger partial charge is 0.229 e. The second-order valence-electron chi connectivity index (χ2n) is 8.18. The molecule has 2 atom stereocenters. The molecule has 4 rings (SSSR count). The highest BCUT2D eigenvalue weighted by molar-refractivity contribution is 5.95. The van der Waals surface area contributed by atoms with Crippen molar-refractivity contribution >= 4 is 11.7 Å². The lowest BCUT2D eigenvalue weighted by Crippen LogP contribution is -2.27. The summed E-state index contributed by atoms with van der Waals surface area (Å²) in [5.74, 6) is -0.335. The number of pyridine rings is 1. The first kappa shape index (κ1) is 22.7. The van der Waals surface area contributed by atoms with E-state index in [1.807, 2.05) is 0 Å². The third-order valence-electron chi connectivity index (χ3n) is 5.81. The molecule has 1 fully saturated rings. The minimum Gasteiger partial charge on any atom is -0.489 e. The monoisotopic (exact) mass is 454 g/mol. The van der Waals surface area contributed by atoms with Crippen LogP contribution in [0.2, 0.25) is 0 Å². The van der Waals surface area contributed by atoms with E-state index in [-0.39, 0.29) is 24.9 Å². The van der Waals surface area contributed by atoms with Gasteiger partial charge in [-0.15, -0.1) is 0 Å². The van der Waals surface area contributed by atoms with Crippen LogP contribution < -0.4 is 10.1 Å². The number of nitrogens with one attached hydrogen (secondary N) is 1. The molecule has 1 saturated carbocycles. The molecule has 2 aromatic heterocycles. The Morgan fingerprint density at radius 1 is 1.21 bits per heavy atom. The number of carbonyl (C=O) groups excluding carboxylic acids is 1. The van der Waals surface area contributed by atoms with Crippen molar-refractivity contribution in [2.24, 2.45) is 5.92 Å². The SMILES string of the molecule is COCc1nc(C)ncc1OCC1(c2cccc(F)c2)CC1C(=O)Nc1cc(C)c(F)cn1. The van der Waals surface area contributed by atoms with Gasteiger partial charge in [-0.1, -0.05) is 12.1 Å². The Balaban J connectivity index is 1.58. The molecule has 9 heteroatoms. The Hall–Kier alpha value is -3.46. The maximum absolute atomic E-state index is 14.0. The van der Waals surface area contributed by atoms with E-state index in [1.54, 1.807) is 39.3 Å². The Morgan fingerprint density at radius 2 is 2.03 bits per heavy atom. The highest BCUT2D eigenvalue weighted by Crippen LogP contribution is 2.55. The molecule has 172 valence electrons. The van der Waals surface area contributed by atoms with Gasteiger partial charge in [-0.3, -0.25) is 4.79 Å². The van der Waals surface area contributed by atoms with Gasteiger partial charge in [0.05, 0.1) is 31.5 Å². The van der Waals surface area contributed by atoms with E-state index in [1.165, 1.54) is 18.2 Å². The van der Waals surface area contributed by atoms with Crippen molar-refractivity contribution < 1.29 is 23.0 Å². The lowest BCUT2D eigenvalue weighted by atomic mass is 9.93. The first-order valence-electron chi connectivity index (χ1n) is 10.5. The van der Waals surface area contributed by atoms with E-state index in [9.17, 15) is 13.6 Å². The van der Waals surface area contributed by atoms with Crippen LogP contribution in [-0.2, 0) is 21.6 Å². The van der Waals surface area contributed by atoms with Crippen molar-refractivity contribution in [3.63, 3.8) is 0 Å².